The van der Waals surface area contributed by atoms with E-state index in [2.05, 4.69) is 20.8 Å². The van der Waals surface area contributed by atoms with Crippen LogP contribution < -0.4 is 5.73 Å². The minimum Gasteiger partial charge on any atom is -0.340 e. The van der Waals surface area contributed by atoms with E-state index < -0.39 is 0 Å². The number of carbonyl (C=O) groups is 1. The lowest BCUT2D eigenvalue weighted by Crippen LogP contribution is -2.45. The van der Waals surface area contributed by atoms with Crippen molar-refractivity contribution in [1.29, 1.82) is 0 Å². The zero-order chi connectivity index (χ0) is 12.2. The first-order valence-corrected chi connectivity index (χ1v) is 6.54. The molecular formula is C13H26N2O. The summed E-state index contributed by atoms with van der Waals surface area (Å²) < 4.78 is 0. The maximum absolute atomic E-state index is 12.2. The molecule has 0 heterocycles. The summed E-state index contributed by atoms with van der Waals surface area (Å²) in [5.74, 6) is 0.294. The first-order chi connectivity index (χ1) is 7.54. The summed E-state index contributed by atoms with van der Waals surface area (Å²) in [6, 6.07) is 0.308. The highest BCUT2D eigenvalue weighted by molar-refractivity contribution is 5.77. The Morgan fingerprint density at radius 3 is 2.38 bits per heavy atom. The van der Waals surface area contributed by atoms with Crippen LogP contribution in [0.15, 0.2) is 0 Å². The highest BCUT2D eigenvalue weighted by Crippen LogP contribution is 2.43. The van der Waals surface area contributed by atoms with Crippen molar-refractivity contribution in [2.45, 2.75) is 58.9 Å². The molecule has 1 fully saturated rings. The number of carbonyl (C=O) groups excluding carboxylic acids is 1. The fourth-order valence-corrected chi connectivity index (χ4v) is 2.46. The quantitative estimate of drug-likeness (QED) is 0.754. The molecule has 1 rings (SSSR count). The largest absolute Gasteiger partial charge is 0.340 e. The second-order valence-corrected chi connectivity index (χ2v) is 5.42. The highest BCUT2D eigenvalue weighted by Gasteiger charge is 2.38. The third kappa shape index (κ3) is 2.97. The molecule has 0 aromatic heterocycles. The van der Waals surface area contributed by atoms with Crippen molar-refractivity contribution < 1.29 is 4.79 Å². The first kappa shape index (κ1) is 13.5. The Labute approximate surface area is 99.4 Å². The van der Waals surface area contributed by atoms with Crippen LogP contribution in [0.4, 0.5) is 0 Å². The SMILES string of the molecule is CCCN(C(=O)CC1(CN)CCC1)C(C)C. The summed E-state index contributed by atoms with van der Waals surface area (Å²) >= 11 is 0. The maximum Gasteiger partial charge on any atom is 0.223 e. The monoisotopic (exact) mass is 226 g/mol. The summed E-state index contributed by atoms with van der Waals surface area (Å²) in [4.78, 5) is 14.2. The Morgan fingerprint density at radius 2 is 2.06 bits per heavy atom. The van der Waals surface area contributed by atoms with Gasteiger partial charge in [0.1, 0.15) is 0 Å². The number of nitrogens with two attached hydrogens (primary N) is 1. The molecule has 94 valence electrons. The topological polar surface area (TPSA) is 46.3 Å². The molecular weight excluding hydrogens is 200 g/mol. The molecule has 1 aliphatic rings. The molecule has 0 aliphatic heterocycles. The van der Waals surface area contributed by atoms with Gasteiger partial charge in [0.2, 0.25) is 5.91 Å². The molecule has 0 atom stereocenters. The van der Waals surface area contributed by atoms with Gasteiger partial charge in [-0.15, -0.1) is 0 Å². The van der Waals surface area contributed by atoms with Gasteiger partial charge < -0.3 is 10.6 Å². The molecule has 3 nitrogen and oxygen atoms in total. The molecule has 0 saturated heterocycles. The fraction of sp³-hybridized carbons (Fsp3) is 0.923. The Balaban J connectivity index is 2.54. The molecule has 1 amide bonds. The summed E-state index contributed by atoms with van der Waals surface area (Å²) in [5.41, 5.74) is 5.93. The lowest BCUT2D eigenvalue weighted by molar-refractivity contribution is -0.136. The van der Waals surface area contributed by atoms with E-state index in [-0.39, 0.29) is 5.41 Å². The van der Waals surface area contributed by atoms with Crippen LogP contribution in [0.1, 0.15) is 52.9 Å². The smallest absolute Gasteiger partial charge is 0.223 e. The Morgan fingerprint density at radius 1 is 1.44 bits per heavy atom. The van der Waals surface area contributed by atoms with Gasteiger partial charge in [0, 0.05) is 19.0 Å². The van der Waals surface area contributed by atoms with Gasteiger partial charge in [0.05, 0.1) is 0 Å². The van der Waals surface area contributed by atoms with Crippen LogP contribution >= 0.6 is 0 Å². The first-order valence-electron chi connectivity index (χ1n) is 6.54. The van der Waals surface area contributed by atoms with E-state index in [0.29, 0.717) is 24.9 Å². The predicted octanol–water partition coefficient (Wildman–Crippen LogP) is 2.15. The minimum atomic E-state index is 0.137. The number of rotatable bonds is 6. The highest BCUT2D eigenvalue weighted by atomic mass is 16.2. The van der Waals surface area contributed by atoms with Crippen LogP contribution in [0.5, 0.6) is 0 Å². The van der Waals surface area contributed by atoms with Gasteiger partial charge in [-0.25, -0.2) is 0 Å². The van der Waals surface area contributed by atoms with E-state index in [4.69, 9.17) is 5.73 Å². The second-order valence-electron chi connectivity index (χ2n) is 5.42. The number of amides is 1. The van der Waals surface area contributed by atoms with Crippen molar-refractivity contribution >= 4 is 5.91 Å². The normalized spacial score (nSPS) is 18.3. The average Bonchev–Trinajstić information content (AvgIpc) is 2.19. The van der Waals surface area contributed by atoms with E-state index in [0.717, 1.165) is 25.8 Å². The van der Waals surface area contributed by atoms with Crippen LogP contribution in [0, 0.1) is 5.41 Å². The van der Waals surface area contributed by atoms with Crippen LogP contribution in [0.2, 0.25) is 0 Å². The lowest BCUT2D eigenvalue weighted by atomic mass is 9.66. The Hall–Kier alpha value is -0.570. The summed E-state index contributed by atoms with van der Waals surface area (Å²) in [5, 5.41) is 0. The Kier molecular flexibility index (Phi) is 4.78. The van der Waals surface area contributed by atoms with Crippen LogP contribution in [0.25, 0.3) is 0 Å². The van der Waals surface area contributed by atoms with E-state index in [1.54, 1.807) is 0 Å². The van der Waals surface area contributed by atoms with Gasteiger partial charge in [-0.2, -0.15) is 0 Å². The molecule has 0 aromatic carbocycles. The van der Waals surface area contributed by atoms with Crippen molar-refractivity contribution in [2.75, 3.05) is 13.1 Å². The van der Waals surface area contributed by atoms with Gasteiger partial charge in [-0.05, 0) is 45.1 Å². The molecule has 0 aromatic rings. The van der Waals surface area contributed by atoms with Crippen molar-refractivity contribution in [3.05, 3.63) is 0 Å². The molecule has 0 unspecified atom stereocenters. The van der Waals surface area contributed by atoms with Gasteiger partial charge in [0.25, 0.3) is 0 Å². The van der Waals surface area contributed by atoms with Crippen molar-refractivity contribution in [3.63, 3.8) is 0 Å². The predicted molar refractivity (Wildman–Crippen MR) is 67.1 cm³/mol. The molecule has 16 heavy (non-hydrogen) atoms. The average molecular weight is 226 g/mol. The lowest BCUT2D eigenvalue weighted by Gasteiger charge is -2.42. The van der Waals surface area contributed by atoms with Crippen molar-refractivity contribution in [1.82, 2.24) is 4.90 Å². The third-order valence-corrected chi connectivity index (χ3v) is 3.78. The summed E-state index contributed by atoms with van der Waals surface area (Å²) in [6.45, 7) is 7.82. The molecule has 0 bridgehead atoms. The number of hydrogen-bond donors (Lipinski definition) is 1. The molecule has 2 N–H and O–H groups in total. The van der Waals surface area contributed by atoms with E-state index in [1.165, 1.54) is 6.42 Å². The van der Waals surface area contributed by atoms with Crippen molar-refractivity contribution in [3.8, 4) is 0 Å². The van der Waals surface area contributed by atoms with Gasteiger partial charge in [-0.3, -0.25) is 4.79 Å². The fourth-order valence-electron chi connectivity index (χ4n) is 2.46. The summed E-state index contributed by atoms with van der Waals surface area (Å²) in [6.07, 6.45) is 5.18. The van der Waals surface area contributed by atoms with Gasteiger partial charge >= 0.3 is 0 Å². The van der Waals surface area contributed by atoms with Crippen LogP contribution in [0.3, 0.4) is 0 Å². The molecule has 0 radical (unpaired) electrons. The zero-order valence-electron chi connectivity index (χ0n) is 11.0. The van der Waals surface area contributed by atoms with Crippen molar-refractivity contribution in [2.24, 2.45) is 11.1 Å². The molecule has 1 saturated carbocycles. The number of nitrogens with zero attached hydrogens (tertiary/aromatic N) is 1. The summed E-state index contributed by atoms with van der Waals surface area (Å²) in [7, 11) is 0. The third-order valence-electron chi connectivity index (χ3n) is 3.78. The van der Waals surface area contributed by atoms with Gasteiger partial charge in [0.15, 0.2) is 0 Å². The van der Waals surface area contributed by atoms with Crippen LogP contribution in [-0.4, -0.2) is 29.9 Å². The van der Waals surface area contributed by atoms with E-state index >= 15 is 0 Å². The minimum absolute atomic E-state index is 0.137. The van der Waals surface area contributed by atoms with Crippen LogP contribution in [-0.2, 0) is 4.79 Å². The molecule has 0 spiro atoms. The second kappa shape index (κ2) is 5.67. The molecule has 3 heteroatoms. The van der Waals surface area contributed by atoms with Gasteiger partial charge in [-0.1, -0.05) is 13.3 Å². The molecule has 1 aliphatic carbocycles. The van der Waals surface area contributed by atoms with E-state index in [9.17, 15) is 4.79 Å². The maximum atomic E-state index is 12.2. The Bertz CT molecular complexity index is 229. The van der Waals surface area contributed by atoms with E-state index in [1.807, 2.05) is 4.90 Å². The number of hydrogen-bond acceptors (Lipinski definition) is 2. The zero-order valence-corrected chi connectivity index (χ0v) is 11.0. The standard InChI is InChI=1S/C13H26N2O/c1-4-8-15(11(2)3)12(16)9-13(10-14)6-5-7-13/h11H,4-10,14H2,1-3H3.